The number of primary amides is 1. The van der Waals surface area contributed by atoms with Crippen molar-refractivity contribution in [2.45, 2.75) is 12.5 Å². The van der Waals surface area contributed by atoms with E-state index in [4.69, 9.17) is 10.5 Å². The third-order valence-corrected chi connectivity index (χ3v) is 2.77. The average Bonchev–Trinajstić information content (AvgIpc) is 2.48. The van der Waals surface area contributed by atoms with Gasteiger partial charge in [-0.05, 0) is 29.8 Å². The average molecular weight is 281 g/mol. The van der Waals surface area contributed by atoms with Crippen molar-refractivity contribution in [3.8, 4) is 17.6 Å². The molecule has 2 rings (SSSR count). The molecular formula is C17H15NO3. The molecule has 21 heavy (non-hydrogen) atoms. The van der Waals surface area contributed by atoms with Crippen molar-refractivity contribution in [2.75, 3.05) is 0 Å². The smallest absolute Gasteiger partial charge is 0.405 e. The Hall–Kier alpha value is -2.93. The molecule has 106 valence electrons. The maximum Gasteiger partial charge on any atom is 0.405 e. The fraction of sp³-hybridized carbons (Fsp3) is 0.118. The lowest BCUT2D eigenvalue weighted by atomic mass is 10.1. The molecule has 0 aliphatic carbocycles. The van der Waals surface area contributed by atoms with Gasteiger partial charge >= 0.3 is 6.09 Å². The number of rotatable bonds is 3. The van der Waals surface area contributed by atoms with E-state index in [2.05, 4.69) is 11.8 Å². The molecule has 3 N–H and O–H groups in total. The highest BCUT2D eigenvalue weighted by molar-refractivity contribution is 5.65. The number of hydrogen-bond donors (Lipinski definition) is 2. The van der Waals surface area contributed by atoms with Gasteiger partial charge in [-0.15, -0.1) is 0 Å². The summed E-state index contributed by atoms with van der Waals surface area (Å²) in [6, 6.07) is 16.0. The van der Waals surface area contributed by atoms with Crippen LogP contribution >= 0.6 is 0 Å². The van der Waals surface area contributed by atoms with Gasteiger partial charge in [-0.2, -0.15) is 0 Å². The van der Waals surface area contributed by atoms with Crippen LogP contribution in [0, 0.1) is 11.8 Å². The van der Waals surface area contributed by atoms with Crippen molar-refractivity contribution >= 4 is 6.09 Å². The van der Waals surface area contributed by atoms with Gasteiger partial charge in [-0.3, -0.25) is 0 Å². The Morgan fingerprint density at radius 3 is 2.43 bits per heavy atom. The molecule has 0 saturated heterocycles. The summed E-state index contributed by atoms with van der Waals surface area (Å²) >= 11 is 0. The molecule has 1 amide bonds. The van der Waals surface area contributed by atoms with Gasteiger partial charge < -0.3 is 15.6 Å². The van der Waals surface area contributed by atoms with E-state index in [1.54, 1.807) is 24.3 Å². The minimum Gasteiger partial charge on any atom is -0.508 e. The van der Waals surface area contributed by atoms with Crippen molar-refractivity contribution in [1.29, 1.82) is 0 Å². The second kappa shape index (κ2) is 7.01. The standard InChI is InChI=1S/C17H15NO3/c18-17(20)21-16(11-8-13-4-2-1-3-5-13)12-14-6-9-15(19)10-7-14/h1-7,9-10,16,19H,12H2,(H2,18,20). The van der Waals surface area contributed by atoms with E-state index in [0.717, 1.165) is 11.1 Å². The molecule has 0 aliphatic rings. The molecule has 4 nitrogen and oxygen atoms in total. The highest BCUT2D eigenvalue weighted by Gasteiger charge is 2.10. The molecule has 0 spiro atoms. The summed E-state index contributed by atoms with van der Waals surface area (Å²) in [6.45, 7) is 0. The highest BCUT2D eigenvalue weighted by Crippen LogP contribution is 2.12. The summed E-state index contributed by atoms with van der Waals surface area (Å²) in [5.74, 6) is 6.03. The topological polar surface area (TPSA) is 72.6 Å². The number of ether oxygens (including phenoxy) is 1. The van der Waals surface area contributed by atoms with Crippen LogP contribution in [0.2, 0.25) is 0 Å². The zero-order chi connectivity index (χ0) is 15.1. The number of benzene rings is 2. The van der Waals surface area contributed by atoms with E-state index in [1.807, 2.05) is 30.3 Å². The van der Waals surface area contributed by atoms with Crippen LogP contribution in [0.5, 0.6) is 5.75 Å². The highest BCUT2D eigenvalue weighted by atomic mass is 16.6. The maximum absolute atomic E-state index is 11.0. The van der Waals surface area contributed by atoms with E-state index in [0.29, 0.717) is 6.42 Å². The maximum atomic E-state index is 11.0. The second-order valence-electron chi connectivity index (χ2n) is 4.43. The van der Waals surface area contributed by atoms with Gasteiger partial charge in [0, 0.05) is 12.0 Å². The van der Waals surface area contributed by atoms with E-state index >= 15 is 0 Å². The van der Waals surface area contributed by atoms with Crippen molar-refractivity contribution in [1.82, 2.24) is 0 Å². The van der Waals surface area contributed by atoms with Gasteiger partial charge in [-0.25, -0.2) is 4.79 Å². The van der Waals surface area contributed by atoms with Crippen LogP contribution in [0.15, 0.2) is 54.6 Å². The monoisotopic (exact) mass is 281 g/mol. The second-order valence-corrected chi connectivity index (χ2v) is 4.43. The van der Waals surface area contributed by atoms with Gasteiger partial charge in [-0.1, -0.05) is 42.2 Å². The van der Waals surface area contributed by atoms with Crippen LogP contribution in [0.1, 0.15) is 11.1 Å². The first-order chi connectivity index (χ1) is 10.1. The molecular weight excluding hydrogens is 266 g/mol. The molecule has 2 aromatic carbocycles. The van der Waals surface area contributed by atoms with Crippen LogP contribution in [0.3, 0.4) is 0 Å². The van der Waals surface area contributed by atoms with Crippen LogP contribution in [-0.4, -0.2) is 17.3 Å². The van der Waals surface area contributed by atoms with Gasteiger partial charge in [0.1, 0.15) is 5.75 Å². The molecule has 1 unspecified atom stereocenters. The van der Waals surface area contributed by atoms with Crippen molar-refractivity contribution < 1.29 is 14.6 Å². The lowest BCUT2D eigenvalue weighted by molar-refractivity contribution is 0.133. The van der Waals surface area contributed by atoms with Gasteiger partial charge in [0.2, 0.25) is 0 Å². The third-order valence-electron chi connectivity index (χ3n) is 2.77. The lowest BCUT2D eigenvalue weighted by Crippen LogP contribution is -2.23. The number of nitrogens with two attached hydrogens (primary N) is 1. The Morgan fingerprint density at radius 1 is 1.14 bits per heavy atom. The van der Waals surface area contributed by atoms with Crippen molar-refractivity contribution in [3.05, 3.63) is 65.7 Å². The molecule has 4 heteroatoms. The number of amides is 1. The zero-order valence-electron chi connectivity index (χ0n) is 11.3. The Balaban J connectivity index is 2.13. The third kappa shape index (κ3) is 4.92. The van der Waals surface area contributed by atoms with Crippen molar-refractivity contribution in [3.63, 3.8) is 0 Å². The zero-order valence-corrected chi connectivity index (χ0v) is 11.3. The lowest BCUT2D eigenvalue weighted by Gasteiger charge is -2.10. The molecule has 2 aromatic rings. The SMILES string of the molecule is NC(=O)OC(C#Cc1ccccc1)Cc1ccc(O)cc1. The van der Waals surface area contributed by atoms with Gasteiger partial charge in [0.05, 0.1) is 0 Å². The molecule has 0 aliphatic heterocycles. The molecule has 0 heterocycles. The predicted molar refractivity (Wildman–Crippen MR) is 79.6 cm³/mol. The van der Waals surface area contributed by atoms with Crippen LogP contribution in [0.4, 0.5) is 4.79 Å². The molecule has 0 radical (unpaired) electrons. The summed E-state index contributed by atoms with van der Waals surface area (Å²) in [6.07, 6.45) is -1.09. The number of carbonyl (C=O) groups excluding carboxylic acids is 1. The van der Waals surface area contributed by atoms with Crippen molar-refractivity contribution in [2.24, 2.45) is 5.73 Å². The van der Waals surface area contributed by atoms with Gasteiger partial charge in [0.15, 0.2) is 6.10 Å². The van der Waals surface area contributed by atoms with E-state index in [1.165, 1.54) is 0 Å². The van der Waals surface area contributed by atoms with E-state index in [9.17, 15) is 9.90 Å². The molecule has 1 atom stereocenters. The summed E-state index contributed by atoms with van der Waals surface area (Å²) < 4.78 is 5.01. The van der Waals surface area contributed by atoms with E-state index in [-0.39, 0.29) is 5.75 Å². The summed E-state index contributed by atoms with van der Waals surface area (Å²) in [5.41, 5.74) is 6.80. The first-order valence-corrected chi connectivity index (χ1v) is 6.44. The number of hydrogen-bond acceptors (Lipinski definition) is 3. The summed E-state index contributed by atoms with van der Waals surface area (Å²) in [7, 11) is 0. The first kappa shape index (κ1) is 14.5. The minimum atomic E-state index is -0.860. The molecule has 0 bridgehead atoms. The molecule has 0 saturated carbocycles. The van der Waals surface area contributed by atoms with E-state index < -0.39 is 12.2 Å². The fourth-order valence-electron chi connectivity index (χ4n) is 1.79. The number of phenolic OH excluding ortho intramolecular Hbond substituents is 1. The number of carbonyl (C=O) groups is 1. The van der Waals surface area contributed by atoms with Crippen LogP contribution in [-0.2, 0) is 11.2 Å². The minimum absolute atomic E-state index is 0.182. The Labute approximate surface area is 123 Å². The first-order valence-electron chi connectivity index (χ1n) is 6.44. The quantitative estimate of drug-likeness (QED) is 0.849. The number of aromatic hydroxyl groups is 1. The number of phenols is 1. The largest absolute Gasteiger partial charge is 0.508 e. The Bertz CT molecular complexity index is 654. The molecule has 0 fully saturated rings. The van der Waals surface area contributed by atoms with Crippen LogP contribution in [0.25, 0.3) is 0 Å². The summed E-state index contributed by atoms with van der Waals surface area (Å²) in [4.78, 5) is 11.0. The predicted octanol–water partition coefficient (Wildman–Crippen LogP) is 2.45. The Kier molecular flexibility index (Phi) is 4.84. The summed E-state index contributed by atoms with van der Waals surface area (Å²) in [5, 5.41) is 9.25. The fourth-order valence-corrected chi connectivity index (χ4v) is 1.79. The van der Waals surface area contributed by atoms with Crippen LogP contribution < -0.4 is 5.73 Å². The Morgan fingerprint density at radius 2 is 1.81 bits per heavy atom. The van der Waals surface area contributed by atoms with Gasteiger partial charge in [0.25, 0.3) is 0 Å². The normalized spacial score (nSPS) is 11.0. The molecule has 0 aromatic heterocycles.